The lowest BCUT2D eigenvalue weighted by Gasteiger charge is -2.03. The number of benzene rings is 1. The molecule has 0 fully saturated rings. The number of thiazole rings is 1. The van der Waals surface area contributed by atoms with Crippen LogP contribution in [0.5, 0.6) is 5.75 Å². The van der Waals surface area contributed by atoms with Gasteiger partial charge in [-0.25, -0.2) is 4.98 Å². The predicted octanol–water partition coefficient (Wildman–Crippen LogP) is 3.96. The van der Waals surface area contributed by atoms with E-state index in [9.17, 15) is 4.79 Å². The maximum atomic E-state index is 11.0. The summed E-state index contributed by atoms with van der Waals surface area (Å²) >= 11 is 1.46. The number of hydrogen-bond acceptors (Lipinski definition) is 4. The first kappa shape index (κ1) is 15.5. The molecule has 5 heteroatoms. The fourth-order valence-electron chi connectivity index (χ4n) is 2.06. The summed E-state index contributed by atoms with van der Waals surface area (Å²) in [4.78, 5) is 16.4. The molecule has 0 spiro atoms. The van der Waals surface area contributed by atoms with Crippen LogP contribution < -0.4 is 4.74 Å². The molecule has 2 aromatic rings. The van der Waals surface area contributed by atoms with Crippen molar-refractivity contribution in [1.29, 1.82) is 0 Å². The summed E-state index contributed by atoms with van der Waals surface area (Å²) in [5.41, 5.74) is 1.87. The van der Waals surface area contributed by atoms with Crippen LogP contribution in [0.15, 0.2) is 24.3 Å². The van der Waals surface area contributed by atoms with Gasteiger partial charge in [-0.3, -0.25) is 4.79 Å². The summed E-state index contributed by atoms with van der Waals surface area (Å²) in [5, 5.41) is 9.87. The van der Waals surface area contributed by atoms with Gasteiger partial charge < -0.3 is 9.84 Å². The molecular weight excluding hydrogens is 286 g/mol. The number of rotatable bonds is 6. The molecule has 1 N–H and O–H groups in total. The van der Waals surface area contributed by atoms with Gasteiger partial charge in [-0.05, 0) is 37.1 Å². The minimum Gasteiger partial charge on any atom is -0.494 e. The van der Waals surface area contributed by atoms with Gasteiger partial charge >= 0.3 is 5.97 Å². The summed E-state index contributed by atoms with van der Waals surface area (Å²) in [6, 6.07) is 7.73. The highest BCUT2D eigenvalue weighted by atomic mass is 32.1. The van der Waals surface area contributed by atoms with Crippen molar-refractivity contribution in [3.8, 4) is 16.3 Å². The third-order valence-electron chi connectivity index (χ3n) is 3.00. The van der Waals surface area contributed by atoms with Crippen molar-refractivity contribution in [2.24, 2.45) is 0 Å². The lowest BCUT2D eigenvalue weighted by molar-refractivity contribution is -0.136. The lowest BCUT2D eigenvalue weighted by atomic mass is 10.1. The van der Waals surface area contributed by atoms with E-state index in [0.29, 0.717) is 6.61 Å². The van der Waals surface area contributed by atoms with Gasteiger partial charge in [-0.15, -0.1) is 11.3 Å². The molecule has 0 aliphatic heterocycles. The Bertz CT molecular complexity index is 617. The molecule has 0 saturated carbocycles. The van der Waals surface area contributed by atoms with E-state index in [4.69, 9.17) is 9.84 Å². The highest BCUT2D eigenvalue weighted by Gasteiger charge is 2.17. The Kier molecular flexibility index (Phi) is 4.96. The summed E-state index contributed by atoms with van der Waals surface area (Å²) in [6.07, 6.45) is 0.0300. The first-order valence-electron chi connectivity index (χ1n) is 6.95. The molecule has 0 saturated heterocycles. The molecule has 0 amide bonds. The zero-order valence-electron chi connectivity index (χ0n) is 12.4. The molecular formula is C16H19NO3S. The van der Waals surface area contributed by atoms with E-state index < -0.39 is 5.97 Å². The number of carbonyl (C=O) groups is 1. The SMILES string of the molecule is CCOc1ccc(-c2nc(C(C)C)c(CC(=O)O)s2)cc1. The molecule has 0 atom stereocenters. The monoisotopic (exact) mass is 305 g/mol. The zero-order chi connectivity index (χ0) is 15.4. The first-order valence-corrected chi connectivity index (χ1v) is 7.77. The molecule has 1 heterocycles. The topological polar surface area (TPSA) is 59.4 Å². The van der Waals surface area contributed by atoms with Crippen LogP contribution in [-0.4, -0.2) is 22.7 Å². The molecule has 0 unspecified atom stereocenters. The van der Waals surface area contributed by atoms with Crippen LogP contribution in [-0.2, 0) is 11.2 Å². The van der Waals surface area contributed by atoms with Crippen LogP contribution in [0.4, 0.5) is 0 Å². The Morgan fingerprint density at radius 2 is 2.00 bits per heavy atom. The van der Waals surface area contributed by atoms with E-state index in [-0.39, 0.29) is 12.3 Å². The quantitative estimate of drug-likeness (QED) is 0.877. The standard InChI is InChI=1S/C16H19NO3S/c1-4-20-12-7-5-11(6-8-12)16-17-15(10(2)3)13(21-16)9-14(18)19/h5-8,10H,4,9H2,1-3H3,(H,18,19). The van der Waals surface area contributed by atoms with Crippen LogP contribution in [0.3, 0.4) is 0 Å². The number of ether oxygens (including phenoxy) is 1. The van der Waals surface area contributed by atoms with Crippen molar-refractivity contribution in [2.45, 2.75) is 33.1 Å². The van der Waals surface area contributed by atoms with E-state index in [1.165, 1.54) is 11.3 Å². The van der Waals surface area contributed by atoms with Crippen LogP contribution in [0.25, 0.3) is 10.6 Å². The average Bonchev–Trinajstić information content (AvgIpc) is 2.83. The molecule has 21 heavy (non-hydrogen) atoms. The number of aromatic nitrogens is 1. The van der Waals surface area contributed by atoms with Gasteiger partial charge in [0, 0.05) is 10.4 Å². The van der Waals surface area contributed by atoms with Crippen LogP contribution in [0.2, 0.25) is 0 Å². The second-order valence-corrected chi connectivity index (χ2v) is 6.09. The first-order chi connectivity index (χ1) is 10.0. The van der Waals surface area contributed by atoms with Crippen molar-refractivity contribution in [3.05, 3.63) is 34.8 Å². The normalized spacial score (nSPS) is 10.9. The maximum absolute atomic E-state index is 11.0. The van der Waals surface area contributed by atoms with Crippen LogP contribution in [0.1, 0.15) is 37.3 Å². The zero-order valence-corrected chi connectivity index (χ0v) is 13.2. The van der Waals surface area contributed by atoms with E-state index in [1.807, 2.05) is 45.0 Å². The third kappa shape index (κ3) is 3.82. The minimum absolute atomic E-state index is 0.0300. The maximum Gasteiger partial charge on any atom is 0.308 e. The van der Waals surface area contributed by atoms with E-state index in [2.05, 4.69) is 4.98 Å². The van der Waals surface area contributed by atoms with Gasteiger partial charge in [-0.1, -0.05) is 13.8 Å². The van der Waals surface area contributed by atoms with Gasteiger partial charge in [0.15, 0.2) is 0 Å². The van der Waals surface area contributed by atoms with Crippen molar-refractivity contribution in [1.82, 2.24) is 4.98 Å². The Hall–Kier alpha value is -1.88. The average molecular weight is 305 g/mol. The number of nitrogens with zero attached hydrogens (tertiary/aromatic N) is 1. The second kappa shape index (κ2) is 6.72. The van der Waals surface area contributed by atoms with E-state index >= 15 is 0 Å². The number of hydrogen-bond donors (Lipinski definition) is 1. The highest BCUT2D eigenvalue weighted by molar-refractivity contribution is 7.15. The molecule has 1 aromatic heterocycles. The Labute approximate surface area is 128 Å². The summed E-state index contributed by atoms with van der Waals surface area (Å²) in [6.45, 7) is 6.64. The largest absolute Gasteiger partial charge is 0.494 e. The molecule has 4 nitrogen and oxygen atoms in total. The van der Waals surface area contributed by atoms with E-state index in [1.54, 1.807) is 0 Å². The van der Waals surface area contributed by atoms with Crippen molar-refractivity contribution < 1.29 is 14.6 Å². The van der Waals surface area contributed by atoms with Crippen molar-refractivity contribution in [3.63, 3.8) is 0 Å². The summed E-state index contributed by atoms with van der Waals surface area (Å²) in [7, 11) is 0. The van der Waals surface area contributed by atoms with Crippen LogP contribution in [0, 0.1) is 0 Å². The Morgan fingerprint density at radius 3 is 2.52 bits per heavy atom. The summed E-state index contributed by atoms with van der Waals surface area (Å²) < 4.78 is 5.42. The third-order valence-corrected chi connectivity index (χ3v) is 4.12. The Morgan fingerprint density at radius 1 is 1.33 bits per heavy atom. The van der Waals surface area contributed by atoms with Crippen molar-refractivity contribution in [2.75, 3.05) is 6.61 Å². The minimum atomic E-state index is -0.821. The van der Waals surface area contributed by atoms with Crippen LogP contribution >= 0.6 is 11.3 Å². The lowest BCUT2D eigenvalue weighted by Crippen LogP contribution is -2.02. The van der Waals surface area contributed by atoms with Crippen molar-refractivity contribution >= 4 is 17.3 Å². The second-order valence-electron chi connectivity index (χ2n) is 5.01. The number of aliphatic carboxylic acids is 1. The van der Waals surface area contributed by atoms with Gasteiger partial charge in [0.2, 0.25) is 0 Å². The van der Waals surface area contributed by atoms with Gasteiger partial charge in [0.25, 0.3) is 0 Å². The predicted molar refractivity (Wildman–Crippen MR) is 84.1 cm³/mol. The molecule has 2 rings (SSSR count). The van der Waals surface area contributed by atoms with Gasteiger partial charge in [0.05, 0.1) is 18.7 Å². The number of carboxylic acids is 1. The fraction of sp³-hybridized carbons (Fsp3) is 0.375. The Balaban J connectivity index is 2.32. The number of carboxylic acid groups (broad SMARTS) is 1. The molecule has 112 valence electrons. The molecule has 1 aromatic carbocycles. The highest BCUT2D eigenvalue weighted by Crippen LogP contribution is 2.32. The molecule has 0 aliphatic carbocycles. The summed E-state index contributed by atoms with van der Waals surface area (Å²) in [5.74, 6) is 0.221. The molecule has 0 bridgehead atoms. The van der Waals surface area contributed by atoms with Gasteiger partial charge in [0.1, 0.15) is 10.8 Å². The van der Waals surface area contributed by atoms with E-state index in [0.717, 1.165) is 26.9 Å². The smallest absolute Gasteiger partial charge is 0.308 e. The molecule has 0 aliphatic rings. The fourth-order valence-corrected chi connectivity index (χ4v) is 3.28. The molecule has 0 radical (unpaired) electrons. The van der Waals surface area contributed by atoms with Gasteiger partial charge in [-0.2, -0.15) is 0 Å².